The zero-order valence-electron chi connectivity index (χ0n) is 10.5. The molecule has 0 amide bonds. The van der Waals surface area contributed by atoms with Gasteiger partial charge in [-0.25, -0.2) is 0 Å². The number of nitrogens with zero attached hydrogens (tertiary/aromatic N) is 1. The van der Waals surface area contributed by atoms with Gasteiger partial charge in [0.1, 0.15) is 0 Å². The first-order valence-electron chi connectivity index (χ1n) is 5.96. The summed E-state index contributed by atoms with van der Waals surface area (Å²) in [6.45, 7) is 3.77. The lowest BCUT2D eigenvalue weighted by Gasteiger charge is -2.20. The van der Waals surface area contributed by atoms with E-state index < -0.39 is 6.10 Å². The number of nitrogens with two attached hydrogens (primary N) is 1. The number of hydrogen-bond acceptors (Lipinski definition) is 3. The molecule has 0 aromatic heterocycles. The van der Waals surface area contributed by atoms with Crippen LogP contribution in [0.1, 0.15) is 31.4 Å². The smallest absolute Gasteiger partial charge is 0.0917 e. The molecule has 0 aliphatic rings. The second kappa shape index (κ2) is 6.84. The number of aliphatic hydroxyl groups excluding tert-OH is 1. The van der Waals surface area contributed by atoms with E-state index in [1.165, 1.54) is 0 Å². The fourth-order valence-electron chi connectivity index (χ4n) is 1.69. The molecule has 1 unspecified atom stereocenters. The molecule has 0 bridgehead atoms. The minimum absolute atomic E-state index is 0.513. The topological polar surface area (TPSA) is 49.5 Å². The third-order valence-electron chi connectivity index (χ3n) is 2.78. The molecule has 3 N–H and O–H groups in total. The molecular weight excluding hydrogens is 236 g/mol. The molecular formula is C13H21ClN2O. The van der Waals surface area contributed by atoms with Gasteiger partial charge in [0.15, 0.2) is 0 Å². The summed E-state index contributed by atoms with van der Waals surface area (Å²) in [6, 6.07) is 5.28. The van der Waals surface area contributed by atoms with Crippen LogP contribution in [0.25, 0.3) is 0 Å². The normalized spacial score (nSPS) is 13.0. The van der Waals surface area contributed by atoms with Crippen molar-refractivity contribution < 1.29 is 5.11 Å². The van der Waals surface area contributed by atoms with E-state index >= 15 is 0 Å². The zero-order valence-corrected chi connectivity index (χ0v) is 11.2. The van der Waals surface area contributed by atoms with Crippen LogP contribution in [0, 0.1) is 0 Å². The number of likely N-dealkylation sites (N-methyl/N-ethyl adjacent to an activating group) is 1. The van der Waals surface area contributed by atoms with Crippen LogP contribution in [0.4, 0.5) is 5.69 Å². The average Bonchev–Trinajstić information content (AvgIpc) is 2.30. The Hall–Kier alpha value is -0.770. The molecule has 4 heteroatoms. The molecule has 0 heterocycles. The van der Waals surface area contributed by atoms with Crippen LogP contribution in [0.15, 0.2) is 18.2 Å². The Bertz CT molecular complexity index is 357. The molecule has 0 spiro atoms. The molecule has 1 aromatic carbocycles. The van der Waals surface area contributed by atoms with Gasteiger partial charge in [-0.05, 0) is 37.7 Å². The molecule has 17 heavy (non-hydrogen) atoms. The fraction of sp³-hybridized carbons (Fsp3) is 0.538. The molecule has 0 aliphatic heterocycles. The van der Waals surface area contributed by atoms with Gasteiger partial charge in [-0.15, -0.1) is 0 Å². The summed E-state index contributed by atoms with van der Waals surface area (Å²) in [6.07, 6.45) is 1.79. The Morgan fingerprint density at radius 1 is 1.47 bits per heavy atom. The average molecular weight is 257 g/mol. The number of anilines is 1. The third-order valence-corrected chi connectivity index (χ3v) is 3.13. The van der Waals surface area contributed by atoms with E-state index in [1.54, 1.807) is 12.1 Å². The highest BCUT2D eigenvalue weighted by Crippen LogP contribution is 2.23. The molecule has 0 aliphatic carbocycles. The predicted molar refractivity (Wildman–Crippen MR) is 73.2 cm³/mol. The summed E-state index contributed by atoms with van der Waals surface area (Å²) in [5, 5.41) is 10.6. The van der Waals surface area contributed by atoms with Crippen molar-refractivity contribution in [2.75, 3.05) is 25.9 Å². The fourth-order valence-corrected chi connectivity index (χ4v) is 1.81. The van der Waals surface area contributed by atoms with Crippen molar-refractivity contribution in [3.63, 3.8) is 0 Å². The Balaban J connectivity index is 2.57. The van der Waals surface area contributed by atoms with Crippen LogP contribution < -0.4 is 5.73 Å². The SMILES string of the molecule is CCCCN(C)CC(O)c1ccc(Cl)c(N)c1. The molecule has 0 saturated heterocycles. The van der Waals surface area contributed by atoms with Gasteiger partial charge in [-0.3, -0.25) is 0 Å². The van der Waals surface area contributed by atoms with E-state index in [1.807, 2.05) is 13.1 Å². The van der Waals surface area contributed by atoms with Crippen LogP contribution in [0.5, 0.6) is 0 Å². The van der Waals surface area contributed by atoms with Gasteiger partial charge < -0.3 is 15.7 Å². The van der Waals surface area contributed by atoms with Gasteiger partial charge >= 0.3 is 0 Å². The molecule has 0 radical (unpaired) electrons. The van der Waals surface area contributed by atoms with Gasteiger partial charge in [-0.1, -0.05) is 31.0 Å². The van der Waals surface area contributed by atoms with Crippen LogP contribution in [0.3, 0.4) is 0 Å². The second-order valence-electron chi connectivity index (χ2n) is 4.41. The highest BCUT2D eigenvalue weighted by atomic mass is 35.5. The number of rotatable bonds is 6. The first-order valence-corrected chi connectivity index (χ1v) is 6.34. The second-order valence-corrected chi connectivity index (χ2v) is 4.82. The number of aliphatic hydroxyl groups is 1. The van der Waals surface area contributed by atoms with Crippen LogP contribution in [-0.4, -0.2) is 30.1 Å². The lowest BCUT2D eigenvalue weighted by Crippen LogP contribution is -2.25. The monoisotopic (exact) mass is 256 g/mol. The van der Waals surface area contributed by atoms with Crippen molar-refractivity contribution in [1.29, 1.82) is 0 Å². The van der Waals surface area contributed by atoms with Crippen LogP contribution >= 0.6 is 11.6 Å². The summed E-state index contributed by atoms with van der Waals surface area (Å²) in [4.78, 5) is 2.12. The van der Waals surface area contributed by atoms with Crippen LogP contribution in [-0.2, 0) is 0 Å². The van der Waals surface area contributed by atoms with Gasteiger partial charge in [0.2, 0.25) is 0 Å². The van der Waals surface area contributed by atoms with E-state index in [0.29, 0.717) is 17.3 Å². The van der Waals surface area contributed by atoms with Crippen molar-refractivity contribution in [2.45, 2.75) is 25.9 Å². The predicted octanol–water partition coefficient (Wildman–Crippen LogP) is 2.69. The number of unbranched alkanes of at least 4 members (excludes halogenated alkanes) is 1. The van der Waals surface area contributed by atoms with Gasteiger partial charge in [0.05, 0.1) is 16.8 Å². The molecule has 3 nitrogen and oxygen atoms in total. The highest BCUT2D eigenvalue weighted by molar-refractivity contribution is 6.33. The first-order chi connectivity index (χ1) is 8.04. The summed E-state index contributed by atoms with van der Waals surface area (Å²) < 4.78 is 0. The van der Waals surface area contributed by atoms with Gasteiger partial charge in [0, 0.05) is 6.54 Å². The number of halogens is 1. The highest BCUT2D eigenvalue weighted by Gasteiger charge is 2.11. The molecule has 0 saturated carbocycles. The van der Waals surface area contributed by atoms with Crippen LogP contribution in [0.2, 0.25) is 5.02 Å². The summed E-state index contributed by atoms with van der Waals surface area (Å²) in [5.41, 5.74) is 7.04. The Morgan fingerprint density at radius 3 is 2.76 bits per heavy atom. The summed E-state index contributed by atoms with van der Waals surface area (Å²) in [5.74, 6) is 0. The quantitative estimate of drug-likeness (QED) is 0.770. The number of nitrogen functional groups attached to an aromatic ring is 1. The summed E-state index contributed by atoms with van der Waals surface area (Å²) in [7, 11) is 2.01. The maximum atomic E-state index is 10.1. The van der Waals surface area contributed by atoms with E-state index in [4.69, 9.17) is 17.3 Å². The Morgan fingerprint density at radius 2 is 2.18 bits per heavy atom. The molecule has 1 atom stereocenters. The van der Waals surface area contributed by atoms with Gasteiger partial charge in [0.25, 0.3) is 0 Å². The molecule has 1 aromatic rings. The Labute approximate surface area is 108 Å². The lowest BCUT2D eigenvalue weighted by atomic mass is 10.1. The van der Waals surface area contributed by atoms with Crippen molar-refractivity contribution in [1.82, 2.24) is 4.90 Å². The Kier molecular flexibility index (Phi) is 5.75. The standard InChI is InChI=1S/C13H21ClN2O/c1-3-4-7-16(2)9-13(17)10-5-6-11(14)12(15)8-10/h5-6,8,13,17H,3-4,7,9,15H2,1-2H3. The number of benzene rings is 1. The third kappa shape index (κ3) is 4.54. The maximum absolute atomic E-state index is 10.1. The molecule has 0 fully saturated rings. The van der Waals surface area contributed by atoms with E-state index in [2.05, 4.69) is 11.8 Å². The molecule has 1 rings (SSSR count). The van der Waals surface area contributed by atoms with Gasteiger partial charge in [-0.2, -0.15) is 0 Å². The van der Waals surface area contributed by atoms with Crippen molar-refractivity contribution in [3.05, 3.63) is 28.8 Å². The number of hydrogen-bond donors (Lipinski definition) is 2. The maximum Gasteiger partial charge on any atom is 0.0917 e. The van der Waals surface area contributed by atoms with Crippen molar-refractivity contribution in [3.8, 4) is 0 Å². The van der Waals surface area contributed by atoms with Crippen molar-refractivity contribution >= 4 is 17.3 Å². The lowest BCUT2D eigenvalue weighted by molar-refractivity contribution is 0.126. The molecule has 96 valence electrons. The minimum Gasteiger partial charge on any atom is -0.398 e. The zero-order chi connectivity index (χ0) is 12.8. The van der Waals surface area contributed by atoms with E-state index in [0.717, 1.165) is 24.9 Å². The van der Waals surface area contributed by atoms with E-state index in [9.17, 15) is 5.11 Å². The summed E-state index contributed by atoms with van der Waals surface area (Å²) >= 11 is 5.84. The first kappa shape index (κ1) is 14.3. The minimum atomic E-state index is -0.517. The van der Waals surface area contributed by atoms with Crippen molar-refractivity contribution in [2.24, 2.45) is 0 Å². The largest absolute Gasteiger partial charge is 0.398 e. The van der Waals surface area contributed by atoms with E-state index in [-0.39, 0.29) is 0 Å².